The highest BCUT2D eigenvalue weighted by Crippen LogP contribution is 2.25. The molecular weight excluding hydrogens is 454 g/mol. The van der Waals surface area contributed by atoms with Crippen LogP contribution < -0.4 is 9.61 Å². The number of nitrogens with zero attached hydrogens (tertiary/aromatic N) is 1. The quantitative estimate of drug-likeness (QED) is 0.502. The van der Waals surface area contributed by atoms with Gasteiger partial charge in [-0.15, -0.1) is 0 Å². The van der Waals surface area contributed by atoms with Crippen LogP contribution in [0.2, 0.25) is 0 Å². The van der Waals surface area contributed by atoms with Crippen LogP contribution in [0.4, 0.5) is 0 Å². The monoisotopic (exact) mass is 477 g/mol. The minimum Gasteiger partial charge on any atom is -0.463 e. The first-order chi connectivity index (χ1) is 15.1. The molecule has 170 valence electrons. The van der Waals surface area contributed by atoms with E-state index in [1.165, 1.54) is 24.5 Å². The van der Waals surface area contributed by atoms with Gasteiger partial charge in [-0.05, 0) is 36.1 Å². The van der Waals surface area contributed by atoms with Crippen LogP contribution in [-0.4, -0.2) is 40.5 Å². The number of rotatable bonds is 6. The molecule has 0 spiro atoms. The van der Waals surface area contributed by atoms with E-state index in [0.29, 0.717) is 29.8 Å². The Balaban J connectivity index is 1.58. The molecule has 10 heteroatoms. The Morgan fingerprint density at radius 3 is 2.31 bits per heavy atom. The third-order valence-electron chi connectivity index (χ3n) is 5.32. The van der Waals surface area contributed by atoms with Gasteiger partial charge in [0, 0.05) is 19.2 Å². The van der Waals surface area contributed by atoms with Gasteiger partial charge in [-0.3, -0.25) is 4.79 Å². The van der Waals surface area contributed by atoms with Crippen LogP contribution in [0.1, 0.15) is 24.8 Å². The average molecular weight is 478 g/mol. The first-order valence-electron chi connectivity index (χ1n) is 10.1. The van der Waals surface area contributed by atoms with Gasteiger partial charge in [0.2, 0.25) is 10.0 Å². The zero-order chi connectivity index (χ0) is 22.9. The van der Waals surface area contributed by atoms with E-state index in [4.69, 9.17) is 8.60 Å². The van der Waals surface area contributed by atoms with Crippen molar-refractivity contribution in [3.05, 3.63) is 64.5 Å². The van der Waals surface area contributed by atoms with Crippen LogP contribution in [0.15, 0.2) is 57.9 Å². The van der Waals surface area contributed by atoms with Crippen LogP contribution in [0.25, 0.3) is 22.1 Å². The molecule has 2 heterocycles. The van der Waals surface area contributed by atoms with Crippen molar-refractivity contribution in [2.75, 3.05) is 19.3 Å². The highest BCUT2D eigenvalue weighted by molar-refractivity contribution is 7.88. The lowest BCUT2D eigenvalue weighted by Crippen LogP contribution is -2.36. The molecule has 1 aliphatic heterocycles. The summed E-state index contributed by atoms with van der Waals surface area (Å²) in [4.78, 5) is 12.9. The van der Waals surface area contributed by atoms with Crippen LogP contribution in [0.5, 0.6) is 5.75 Å². The van der Waals surface area contributed by atoms with Gasteiger partial charge in [0.25, 0.3) is 0 Å². The number of fused-ring (bicyclic) bond motifs is 1. The summed E-state index contributed by atoms with van der Waals surface area (Å²) in [5.74, 6) is -0.0296. The fraction of sp³-hybridized carbons (Fsp3) is 0.318. The van der Waals surface area contributed by atoms with Crippen molar-refractivity contribution in [2.24, 2.45) is 0 Å². The molecular formula is C22H23NO7S2. The molecule has 0 aliphatic carbocycles. The second kappa shape index (κ2) is 8.68. The van der Waals surface area contributed by atoms with Crippen molar-refractivity contribution in [3.8, 4) is 16.9 Å². The highest BCUT2D eigenvalue weighted by atomic mass is 32.2. The normalized spacial score (nSPS) is 15.7. The molecule has 4 rings (SSSR count). The molecule has 0 saturated carbocycles. The fourth-order valence-corrected chi connectivity index (χ4v) is 5.82. The summed E-state index contributed by atoms with van der Waals surface area (Å²) in [6.07, 6.45) is 5.06. The van der Waals surface area contributed by atoms with Gasteiger partial charge in [-0.1, -0.05) is 30.7 Å². The summed E-state index contributed by atoms with van der Waals surface area (Å²) in [5, 5.41) is 0.278. The number of hydrogen-bond donors (Lipinski definition) is 0. The molecule has 1 fully saturated rings. The van der Waals surface area contributed by atoms with Crippen LogP contribution >= 0.6 is 0 Å². The van der Waals surface area contributed by atoms with Crippen molar-refractivity contribution >= 4 is 31.1 Å². The Hall–Kier alpha value is -2.69. The summed E-state index contributed by atoms with van der Waals surface area (Å²) in [6, 6.07) is 11.0. The topological polar surface area (TPSA) is 111 Å². The second-order valence-electron chi connectivity index (χ2n) is 7.84. The third-order valence-corrected chi connectivity index (χ3v) is 7.66. The molecule has 2 aromatic carbocycles. The van der Waals surface area contributed by atoms with Crippen molar-refractivity contribution in [1.29, 1.82) is 0 Å². The van der Waals surface area contributed by atoms with E-state index in [-0.39, 0.29) is 27.9 Å². The van der Waals surface area contributed by atoms with E-state index in [1.54, 1.807) is 28.6 Å². The van der Waals surface area contributed by atoms with E-state index in [1.807, 2.05) is 0 Å². The molecule has 32 heavy (non-hydrogen) atoms. The summed E-state index contributed by atoms with van der Waals surface area (Å²) >= 11 is 0. The SMILES string of the molecule is CS(=O)(=O)Oc1ccc2c(=O)c(-c3ccc(CS(=O)(=O)N4CCCCC4)cc3)coc2c1. The largest absolute Gasteiger partial charge is 0.463 e. The van der Waals surface area contributed by atoms with E-state index >= 15 is 0 Å². The van der Waals surface area contributed by atoms with Crippen molar-refractivity contribution in [2.45, 2.75) is 25.0 Å². The lowest BCUT2D eigenvalue weighted by atomic mass is 10.0. The van der Waals surface area contributed by atoms with Crippen molar-refractivity contribution < 1.29 is 25.4 Å². The van der Waals surface area contributed by atoms with Crippen LogP contribution in [0, 0.1) is 0 Å². The van der Waals surface area contributed by atoms with Gasteiger partial charge >= 0.3 is 10.1 Å². The molecule has 8 nitrogen and oxygen atoms in total. The predicted molar refractivity (Wildman–Crippen MR) is 121 cm³/mol. The van der Waals surface area contributed by atoms with Crippen molar-refractivity contribution in [3.63, 3.8) is 0 Å². The summed E-state index contributed by atoms with van der Waals surface area (Å²) in [5.41, 5.74) is 1.47. The molecule has 1 aromatic heterocycles. The van der Waals surface area contributed by atoms with Gasteiger partial charge in [0.1, 0.15) is 17.6 Å². The summed E-state index contributed by atoms with van der Waals surface area (Å²) in [6.45, 7) is 1.13. The fourth-order valence-electron chi connectivity index (χ4n) is 3.76. The molecule has 0 atom stereocenters. The Labute approximate surface area is 186 Å². The van der Waals surface area contributed by atoms with Gasteiger partial charge in [-0.25, -0.2) is 12.7 Å². The summed E-state index contributed by atoms with van der Waals surface area (Å²) in [7, 11) is -7.07. The first kappa shape index (κ1) is 22.5. The molecule has 1 aliphatic rings. The molecule has 0 bridgehead atoms. The molecule has 0 radical (unpaired) electrons. The minimum absolute atomic E-state index is 0.0511. The molecule has 3 aromatic rings. The molecule has 0 N–H and O–H groups in total. The van der Waals surface area contributed by atoms with Crippen LogP contribution in [-0.2, 0) is 25.9 Å². The van der Waals surface area contributed by atoms with Gasteiger partial charge in [0.15, 0.2) is 5.43 Å². The maximum absolute atomic E-state index is 12.9. The minimum atomic E-state index is -3.70. The standard InChI is InChI=1S/C22H23NO7S2/c1-31(25,26)30-18-9-10-19-21(13-18)29-14-20(22(19)24)17-7-5-16(6-8-17)15-32(27,28)23-11-3-2-4-12-23/h5-10,13-14H,2-4,11-12,15H2,1H3. The maximum Gasteiger partial charge on any atom is 0.306 e. The average Bonchev–Trinajstić information content (AvgIpc) is 2.74. The number of sulfonamides is 1. The Kier molecular flexibility index (Phi) is 6.11. The third kappa shape index (κ3) is 5.03. The van der Waals surface area contributed by atoms with Gasteiger partial charge < -0.3 is 8.60 Å². The Morgan fingerprint density at radius 1 is 0.969 bits per heavy atom. The van der Waals surface area contributed by atoms with Crippen LogP contribution in [0.3, 0.4) is 0 Å². The molecule has 1 saturated heterocycles. The molecule has 0 amide bonds. The predicted octanol–water partition coefficient (Wildman–Crippen LogP) is 3.11. The number of piperidine rings is 1. The van der Waals surface area contributed by atoms with Gasteiger partial charge in [0.05, 0.1) is 23.0 Å². The number of hydrogen-bond acceptors (Lipinski definition) is 7. The maximum atomic E-state index is 12.9. The van der Waals surface area contributed by atoms with E-state index in [2.05, 4.69) is 0 Å². The van der Waals surface area contributed by atoms with E-state index in [0.717, 1.165) is 25.5 Å². The summed E-state index contributed by atoms with van der Waals surface area (Å²) < 4.78 is 59.8. The van der Waals surface area contributed by atoms with E-state index < -0.39 is 20.1 Å². The lowest BCUT2D eigenvalue weighted by molar-refractivity contribution is 0.346. The second-order valence-corrected chi connectivity index (χ2v) is 11.4. The highest BCUT2D eigenvalue weighted by Gasteiger charge is 2.24. The smallest absolute Gasteiger partial charge is 0.306 e. The Bertz CT molecular complexity index is 1400. The lowest BCUT2D eigenvalue weighted by Gasteiger charge is -2.25. The van der Waals surface area contributed by atoms with Gasteiger partial charge in [-0.2, -0.15) is 8.42 Å². The zero-order valence-corrected chi connectivity index (χ0v) is 19.1. The van der Waals surface area contributed by atoms with Crippen molar-refractivity contribution in [1.82, 2.24) is 4.31 Å². The Morgan fingerprint density at radius 2 is 1.66 bits per heavy atom. The van der Waals surface area contributed by atoms with E-state index in [9.17, 15) is 21.6 Å². The zero-order valence-electron chi connectivity index (χ0n) is 17.5. The molecule has 0 unspecified atom stereocenters. The number of benzene rings is 2. The first-order valence-corrected chi connectivity index (χ1v) is 13.6.